The highest BCUT2D eigenvalue weighted by atomic mass is 16.5. The first-order valence-electron chi connectivity index (χ1n) is 9.56. The lowest BCUT2D eigenvalue weighted by molar-refractivity contribution is 0.102. The quantitative estimate of drug-likeness (QED) is 0.628. The Kier molecular flexibility index (Phi) is 6.44. The summed E-state index contributed by atoms with van der Waals surface area (Å²) in [5, 5.41) is 6.21. The van der Waals surface area contributed by atoms with Crippen LogP contribution in [0.5, 0.6) is 5.75 Å². The van der Waals surface area contributed by atoms with Crippen LogP contribution < -0.4 is 15.4 Å². The van der Waals surface area contributed by atoms with Crippen molar-refractivity contribution >= 4 is 17.4 Å². The topological polar surface area (TPSA) is 76.1 Å². The summed E-state index contributed by atoms with van der Waals surface area (Å²) in [6.45, 7) is 6.43. The molecule has 0 aliphatic rings. The van der Waals surface area contributed by atoms with Gasteiger partial charge in [-0.2, -0.15) is 0 Å². The van der Waals surface area contributed by atoms with E-state index < -0.39 is 0 Å². The van der Waals surface area contributed by atoms with E-state index in [0.717, 1.165) is 34.5 Å². The molecule has 0 radical (unpaired) electrons. The van der Waals surface area contributed by atoms with Crippen molar-refractivity contribution in [2.24, 2.45) is 0 Å². The van der Waals surface area contributed by atoms with Gasteiger partial charge in [0.05, 0.1) is 7.11 Å². The average molecular weight is 390 g/mol. The number of nitrogens with one attached hydrogen (secondary N) is 2. The number of nitrogens with zero attached hydrogens (tertiary/aromatic N) is 2. The minimum Gasteiger partial charge on any atom is -0.496 e. The summed E-state index contributed by atoms with van der Waals surface area (Å²) in [5.41, 5.74) is 4.39. The molecule has 1 amide bonds. The standard InChI is InChI=1S/C23H26N4O2/c1-15-9-10-19(16(2)13-15)27-23(28)20-14-22(26-17(3)25-20)24-12-11-18-7-5-6-8-21(18)29-4/h5-10,13-14H,11-12H2,1-4H3,(H,27,28)(H,24,25,26). The van der Waals surface area contributed by atoms with Gasteiger partial charge in [-0.3, -0.25) is 4.79 Å². The molecule has 0 saturated heterocycles. The molecule has 2 N–H and O–H groups in total. The number of aromatic nitrogens is 2. The number of methoxy groups -OCH3 is 1. The van der Waals surface area contributed by atoms with E-state index in [4.69, 9.17) is 4.74 Å². The zero-order valence-corrected chi connectivity index (χ0v) is 17.2. The van der Waals surface area contributed by atoms with Crippen molar-refractivity contribution in [3.05, 3.63) is 76.7 Å². The van der Waals surface area contributed by atoms with Gasteiger partial charge in [0.15, 0.2) is 0 Å². The molecule has 6 nitrogen and oxygen atoms in total. The number of para-hydroxylation sites is 1. The first-order valence-corrected chi connectivity index (χ1v) is 9.56. The summed E-state index contributed by atoms with van der Waals surface area (Å²) >= 11 is 0. The average Bonchev–Trinajstić information content (AvgIpc) is 2.70. The van der Waals surface area contributed by atoms with Crippen molar-refractivity contribution in [1.29, 1.82) is 0 Å². The predicted molar refractivity (Wildman–Crippen MR) is 116 cm³/mol. The number of ether oxygens (including phenoxy) is 1. The molecular weight excluding hydrogens is 364 g/mol. The SMILES string of the molecule is COc1ccccc1CCNc1cc(C(=O)Nc2ccc(C)cc2C)nc(C)n1. The number of anilines is 2. The molecule has 0 atom stereocenters. The van der Waals surface area contributed by atoms with Crippen LogP contribution >= 0.6 is 0 Å². The third-order valence-electron chi connectivity index (χ3n) is 4.59. The molecular formula is C23H26N4O2. The van der Waals surface area contributed by atoms with E-state index in [0.29, 0.717) is 23.9 Å². The Balaban J connectivity index is 1.68. The van der Waals surface area contributed by atoms with Crippen molar-refractivity contribution in [3.63, 3.8) is 0 Å². The van der Waals surface area contributed by atoms with E-state index in [-0.39, 0.29) is 5.91 Å². The van der Waals surface area contributed by atoms with Crippen molar-refractivity contribution in [2.75, 3.05) is 24.3 Å². The van der Waals surface area contributed by atoms with Gasteiger partial charge in [-0.05, 0) is 50.5 Å². The minimum atomic E-state index is -0.254. The van der Waals surface area contributed by atoms with Gasteiger partial charge in [-0.25, -0.2) is 9.97 Å². The fourth-order valence-electron chi connectivity index (χ4n) is 3.15. The summed E-state index contributed by atoms with van der Waals surface area (Å²) in [7, 11) is 1.67. The number of hydrogen-bond donors (Lipinski definition) is 2. The van der Waals surface area contributed by atoms with Crippen molar-refractivity contribution in [3.8, 4) is 5.75 Å². The number of amides is 1. The zero-order chi connectivity index (χ0) is 20.8. The van der Waals surface area contributed by atoms with Crippen LogP contribution in [0, 0.1) is 20.8 Å². The van der Waals surface area contributed by atoms with Gasteiger partial charge in [-0.15, -0.1) is 0 Å². The Hall–Kier alpha value is -3.41. The third-order valence-corrected chi connectivity index (χ3v) is 4.59. The van der Waals surface area contributed by atoms with Crippen molar-refractivity contribution < 1.29 is 9.53 Å². The highest BCUT2D eigenvalue weighted by molar-refractivity contribution is 6.03. The lowest BCUT2D eigenvalue weighted by Gasteiger charge is -2.12. The van der Waals surface area contributed by atoms with E-state index in [1.54, 1.807) is 20.1 Å². The van der Waals surface area contributed by atoms with Gasteiger partial charge in [0.1, 0.15) is 23.1 Å². The maximum Gasteiger partial charge on any atom is 0.274 e. The van der Waals surface area contributed by atoms with Gasteiger partial charge in [0, 0.05) is 18.3 Å². The van der Waals surface area contributed by atoms with Gasteiger partial charge in [0.25, 0.3) is 5.91 Å². The number of hydrogen-bond acceptors (Lipinski definition) is 5. The van der Waals surface area contributed by atoms with E-state index >= 15 is 0 Å². The molecule has 0 bridgehead atoms. The number of rotatable bonds is 7. The molecule has 0 aliphatic carbocycles. The first-order chi connectivity index (χ1) is 14.0. The highest BCUT2D eigenvalue weighted by Crippen LogP contribution is 2.19. The van der Waals surface area contributed by atoms with E-state index in [2.05, 4.69) is 20.6 Å². The molecule has 0 saturated carbocycles. The van der Waals surface area contributed by atoms with Crippen LogP contribution in [-0.2, 0) is 6.42 Å². The summed E-state index contributed by atoms with van der Waals surface area (Å²) in [6, 6.07) is 15.5. The molecule has 0 aliphatic heterocycles. The summed E-state index contributed by atoms with van der Waals surface area (Å²) in [6.07, 6.45) is 0.775. The Morgan fingerprint density at radius 1 is 1.03 bits per heavy atom. The maximum absolute atomic E-state index is 12.7. The molecule has 29 heavy (non-hydrogen) atoms. The van der Waals surface area contributed by atoms with Crippen LogP contribution in [0.4, 0.5) is 11.5 Å². The minimum absolute atomic E-state index is 0.254. The maximum atomic E-state index is 12.7. The van der Waals surface area contributed by atoms with Gasteiger partial charge >= 0.3 is 0 Å². The van der Waals surface area contributed by atoms with Crippen LogP contribution in [0.3, 0.4) is 0 Å². The van der Waals surface area contributed by atoms with Crippen LogP contribution in [0.15, 0.2) is 48.5 Å². The smallest absolute Gasteiger partial charge is 0.274 e. The second-order valence-corrected chi connectivity index (χ2v) is 6.95. The predicted octanol–water partition coefficient (Wildman–Crippen LogP) is 4.32. The normalized spacial score (nSPS) is 10.5. The van der Waals surface area contributed by atoms with Crippen LogP contribution in [0.25, 0.3) is 0 Å². The molecule has 6 heteroatoms. The lowest BCUT2D eigenvalue weighted by Crippen LogP contribution is -2.17. The molecule has 0 unspecified atom stereocenters. The van der Waals surface area contributed by atoms with Crippen molar-refractivity contribution in [1.82, 2.24) is 9.97 Å². The Morgan fingerprint density at radius 3 is 2.59 bits per heavy atom. The molecule has 1 heterocycles. The molecule has 0 fully saturated rings. The van der Waals surface area contributed by atoms with E-state index in [9.17, 15) is 4.79 Å². The number of benzene rings is 2. The van der Waals surface area contributed by atoms with E-state index in [1.165, 1.54) is 0 Å². The molecule has 3 aromatic rings. The van der Waals surface area contributed by atoms with Gasteiger partial charge in [-0.1, -0.05) is 35.9 Å². The fraction of sp³-hybridized carbons (Fsp3) is 0.261. The van der Waals surface area contributed by atoms with E-state index in [1.807, 2.05) is 56.3 Å². The summed E-state index contributed by atoms with van der Waals surface area (Å²) < 4.78 is 5.39. The molecule has 150 valence electrons. The van der Waals surface area contributed by atoms with Crippen LogP contribution in [0.2, 0.25) is 0 Å². The third kappa shape index (κ3) is 5.31. The highest BCUT2D eigenvalue weighted by Gasteiger charge is 2.12. The number of carbonyl (C=O) groups is 1. The zero-order valence-electron chi connectivity index (χ0n) is 17.2. The molecule has 3 rings (SSSR count). The Bertz CT molecular complexity index is 1020. The molecule has 0 spiro atoms. The summed E-state index contributed by atoms with van der Waals surface area (Å²) in [5.74, 6) is 1.77. The van der Waals surface area contributed by atoms with Gasteiger partial charge < -0.3 is 15.4 Å². The first kappa shape index (κ1) is 20.3. The largest absolute Gasteiger partial charge is 0.496 e. The number of aryl methyl sites for hydroxylation is 3. The monoisotopic (exact) mass is 390 g/mol. The fourth-order valence-corrected chi connectivity index (χ4v) is 3.15. The summed E-state index contributed by atoms with van der Waals surface area (Å²) in [4.78, 5) is 21.4. The number of carbonyl (C=O) groups excluding carboxylic acids is 1. The molecule has 1 aromatic heterocycles. The van der Waals surface area contributed by atoms with Gasteiger partial charge in [0.2, 0.25) is 0 Å². The second-order valence-electron chi connectivity index (χ2n) is 6.95. The Labute approximate surface area is 171 Å². The van der Waals surface area contributed by atoms with Crippen LogP contribution in [-0.4, -0.2) is 29.5 Å². The second kappa shape index (κ2) is 9.19. The molecule has 2 aromatic carbocycles. The van der Waals surface area contributed by atoms with Crippen molar-refractivity contribution in [2.45, 2.75) is 27.2 Å². The Morgan fingerprint density at radius 2 is 1.83 bits per heavy atom. The lowest BCUT2D eigenvalue weighted by atomic mass is 10.1. The van der Waals surface area contributed by atoms with Crippen LogP contribution in [0.1, 0.15) is 33.0 Å².